The Hall–Kier alpha value is -3.93. The Morgan fingerprint density at radius 1 is 0.966 bits per heavy atom. The number of esters is 1. The number of hydrogen-bond acceptors (Lipinski definition) is 5. The van der Waals surface area contributed by atoms with E-state index in [1.807, 2.05) is 37.3 Å². The minimum absolute atomic E-state index is 0.120. The van der Waals surface area contributed by atoms with Crippen LogP contribution in [0.25, 0.3) is 0 Å². The first-order valence-corrected chi connectivity index (χ1v) is 9.10. The van der Waals surface area contributed by atoms with Crippen molar-refractivity contribution in [3.63, 3.8) is 0 Å². The number of hydrogen-bond donors (Lipinski definition) is 2. The van der Waals surface area contributed by atoms with Gasteiger partial charge in [-0.15, -0.1) is 0 Å². The molecule has 0 unspecified atom stereocenters. The second-order valence-corrected chi connectivity index (χ2v) is 6.34. The maximum atomic E-state index is 12.0. The number of hydrazone groups is 1. The summed E-state index contributed by atoms with van der Waals surface area (Å²) in [4.78, 5) is 23.9. The number of amides is 1. The monoisotopic (exact) mass is 387 g/mol. The number of carbonyl (C=O) groups excluding carboxylic acids is 2. The highest BCUT2D eigenvalue weighted by Crippen LogP contribution is 2.13. The summed E-state index contributed by atoms with van der Waals surface area (Å²) in [6.07, 6.45) is 1.52. The molecule has 0 saturated heterocycles. The van der Waals surface area contributed by atoms with Gasteiger partial charge >= 0.3 is 5.97 Å². The number of ether oxygens (including phenoxy) is 1. The van der Waals surface area contributed by atoms with Gasteiger partial charge in [0.05, 0.1) is 18.3 Å². The molecule has 3 aromatic carbocycles. The van der Waals surface area contributed by atoms with Crippen molar-refractivity contribution in [1.82, 2.24) is 5.43 Å². The molecule has 0 aliphatic rings. The normalized spacial score (nSPS) is 10.5. The fourth-order valence-corrected chi connectivity index (χ4v) is 2.52. The third-order valence-electron chi connectivity index (χ3n) is 3.97. The molecule has 29 heavy (non-hydrogen) atoms. The molecule has 0 aliphatic heterocycles. The van der Waals surface area contributed by atoms with E-state index >= 15 is 0 Å². The van der Waals surface area contributed by atoms with Gasteiger partial charge in [0, 0.05) is 5.69 Å². The van der Waals surface area contributed by atoms with Crippen molar-refractivity contribution in [2.45, 2.75) is 6.92 Å². The Morgan fingerprint density at radius 3 is 2.45 bits per heavy atom. The van der Waals surface area contributed by atoms with E-state index in [9.17, 15) is 9.59 Å². The summed E-state index contributed by atoms with van der Waals surface area (Å²) in [5.74, 6) is -0.237. The second-order valence-electron chi connectivity index (χ2n) is 6.34. The first kappa shape index (κ1) is 19.8. The fourth-order valence-electron chi connectivity index (χ4n) is 2.52. The van der Waals surface area contributed by atoms with Gasteiger partial charge in [-0.05, 0) is 66.6 Å². The second kappa shape index (κ2) is 9.85. The Kier molecular flexibility index (Phi) is 6.73. The zero-order chi connectivity index (χ0) is 20.5. The van der Waals surface area contributed by atoms with Crippen molar-refractivity contribution in [2.24, 2.45) is 5.10 Å². The number of nitrogens with one attached hydrogen (secondary N) is 2. The van der Waals surface area contributed by atoms with Gasteiger partial charge in [-0.3, -0.25) is 4.79 Å². The van der Waals surface area contributed by atoms with Crippen LogP contribution >= 0.6 is 0 Å². The Balaban J connectivity index is 1.46. The highest BCUT2D eigenvalue weighted by molar-refractivity contribution is 5.91. The largest absolute Gasteiger partial charge is 0.423 e. The lowest BCUT2D eigenvalue weighted by atomic mass is 10.2. The van der Waals surface area contributed by atoms with E-state index in [4.69, 9.17) is 4.74 Å². The van der Waals surface area contributed by atoms with Crippen molar-refractivity contribution in [2.75, 3.05) is 11.9 Å². The van der Waals surface area contributed by atoms with Crippen LogP contribution in [-0.4, -0.2) is 24.6 Å². The number of rotatable bonds is 7. The van der Waals surface area contributed by atoms with E-state index in [0.717, 1.165) is 16.8 Å². The van der Waals surface area contributed by atoms with Gasteiger partial charge in [-0.25, -0.2) is 10.2 Å². The van der Waals surface area contributed by atoms with Crippen molar-refractivity contribution in [1.29, 1.82) is 0 Å². The predicted octanol–water partition coefficient (Wildman–Crippen LogP) is 3.78. The average molecular weight is 387 g/mol. The smallest absolute Gasteiger partial charge is 0.343 e. The molecule has 0 atom stereocenters. The minimum Gasteiger partial charge on any atom is -0.423 e. The van der Waals surface area contributed by atoms with Crippen LogP contribution in [0.3, 0.4) is 0 Å². The van der Waals surface area contributed by atoms with Gasteiger partial charge in [0.2, 0.25) is 0 Å². The van der Waals surface area contributed by atoms with E-state index in [2.05, 4.69) is 15.8 Å². The topological polar surface area (TPSA) is 79.8 Å². The van der Waals surface area contributed by atoms with Crippen LogP contribution < -0.4 is 15.5 Å². The first-order chi connectivity index (χ1) is 14.1. The van der Waals surface area contributed by atoms with Crippen molar-refractivity contribution in [3.05, 3.63) is 95.6 Å². The number of benzene rings is 3. The molecule has 6 heteroatoms. The molecule has 0 fully saturated rings. The lowest BCUT2D eigenvalue weighted by Gasteiger charge is -2.06. The quantitative estimate of drug-likeness (QED) is 0.280. The summed E-state index contributed by atoms with van der Waals surface area (Å²) in [5, 5.41) is 6.98. The molecule has 0 aromatic heterocycles. The molecule has 0 saturated carbocycles. The number of carbonyl (C=O) groups is 2. The van der Waals surface area contributed by atoms with Crippen LogP contribution in [0.5, 0.6) is 5.75 Å². The maximum absolute atomic E-state index is 12.0. The summed E-state index contributed by atoms with van der Waals surface area (Å²) in [6.45, 7) is 2.11. The molecule has 3 aromatic rings. The Labute approximate surface area is 169 Å². The molecular weight excluding hydrogens is 366 g/mol. The molecule has 3 rings (SSSR count). The lowest BCUT2D eigenvalue weighted by molar-refractivity contribution is -0.119. The average Bonchev–Trinajstić information content (AvgIpc) is 2.74. The predicted molar refractivity (Wildman–Crippen MR) is 113 cm³/mol. The summed E-state index contributed by atoms with van der Waals surface area (Å²) < 4.78 is 5.32. The van der Waals surface area contributed by atoms with Gasteiger partial charge < -0.3 is 10.1 Å². The lowest BCUT2D eigenvalue weighted by Crippen LogP contribution is -2.25. The molecular formula is C23H21N3O3. The summed E-state index contributed by atoms with van der Waals surface area (Å²) in [5.41, 5.74) is 5.71. The summed E-state index contributed by atoms with van der Waals surface area (Å²) in [7, 11) is 0. The zero-order valence-electron chi connectivity index (χ0n) is 16.0. The summed E-state index contributed by atoms with van der Waals surface area (Å²) in [6, 6.07) is 23.4. The van der Waals surface area contributed by atoms with E-state index in [-0.39, 0.29) is 12.5 Å². The van der Waals surface area contributed by atoms with Crippen molar-refractivity contribution < 1.29 is 14.3 Å². The summed E-state index contributed by atoms with van der Waals surface area (Å²) >= 11 is 0. The van der Waals surface area contributed by atoms with Crippen molar-refractivity contribution >= 4 is 23.8 Å². The Bertz CT molecular complexity index is 999. The number of anilines is 1. The van der Waals surface area contributed by atoms with Crippen LogP contribution in [0.4, 0.5) is 5.69 Å². The fraction of sp³-hybridized carbons (Fsp3) is 0.0870. The number of nitrogens with zero attached hydrogens (tertiary/aromatic N) is 1. The van der Waals surface area contributed by atoms with Gasteiger partial charge in [0.15, 0.2) is 0 Å². The first-order valence-electron chi connectivity index (χ1n) is 9.10. The maximum Gasteiger partial charge on any atom is 0.343 e. The standard InChI is InChI=1S/C23H21N3O3/c1-17-6-5-9-20(14-17)24-16-22(27)26-25-15-18-10-12-21(13-11-18)29-23(28)19-7-3-2-4-8-19/h2-15,24H,16H2,1H3,(H,26,27)/b25-15+. The number of aryl methyl sites for hydroxylation is 1. The van der Waals surface area contributed by atoms with E-state index in [1.54, 1.807) is 48.5 Å². The zero-order valence-corrected chi connectivity index (χ0v) is 16.0. The van der Waals surface area contributed by atoms with E-state index in [0.29, 0.717) is 11.3 Å². The highest BCUT2D eigenvalue weighted by atomic mass is 16.5. The van der Waals surface area contributed by atoms with Crippen LogP contribution in [-0.2, 0) is 4.79 Å². The Morgan fingerprint density at radius 2 is 1.72 bits per heavy atom. The van der Waals surface area contributed by atoms with Gasteiger partial charge in [0.25, 0.3) is 5.91 Å². The molecule has 0 bridgehead atoms. The molecule has 0 radical (unpaired) electrons. The molecule has 0 aliphatic carbocycles. The molecule has 2 N–H and O–H groups in total. The van der Waals surface area contributed by atoms with E-state index < -0.39 is 5.97 Å². The third-order valence-corrected chi connectivity index (χ3v) is 3.97. The van der Waals surface area contributed by atoms with Gasteiger partial charge in [-0.2, -0.15) is 5.10 Å². The molecule has 1 amide bonds. The van der Waals surface area contributed by atoms with Crippen molar-refractivity contribution in [3.8, 4) is 5.75 Å². The highest BCUT2D eigenvalue weighted by Gasteiger charge is 2.07. The van der Waals surface area contributed by atoms with Crippen LogP contribution in [0.15, 0.2) is 84.0 Å². The van der Waals surface area contributed by atoms with Gasteiger partial charge in [0.1, 0.15) is 5.75 Å². The molecule has 6 nitrogen and oxygen atoms in total. The van der Waals surface area contributed by atoms with Crippen LogP contribution in [0, 0.1) is 6.92 Å². The van der Waals surface area contributed by atoms with Crippen LogP contribution in [0.2, 0.25) is 0 Å². The SMILES string of the molecule is Cc1cccc(NCC(=O)N/N=C/c2ccc(OC(=O)c3ccccc3)cc2)c1. The van der Waals surface area contributed by atoms with E-state index in [1.165, 1.54) is 6.21 Å². The third kappa shape index (κ3) is 6.32. The molecule has 0 heterocycles. The molecule has 0 spiro atoms. The van der Waals surface area contributed by atoms with Crippen LogP contribution in [0.1, 0.15) is 21.5 Å². The van der Waals surface area contributed by atoms with Gasteiger partial charge in [-0.1, -0.05) is 30.3 Å². The minimum atomic E-state index is -0.416. The molecule has 146 valence electrons.